The summed E-state index contributed by atoms with van der Waals surface area (Å²) in [7, 11) is 1.94. The molecule has 0 fully saturated rings. The fourth-order valence-electron chi connectivity index (χ4n) is 2.41. The maximum Gasteiger partial charge on any atom is 0.162 e. The molecule has 0 aliphatic carbocycles. The third-order valence-electron chi connectivity index (χ3n) is 3.43. The summed E-state index contributed by atoms with van der Waals surface area (Å²) in [6.45, 7) is 3.26. The molecule has 1 aromatic heterocycles. The van der Waals surface area contributed by atoms with E-state index in [4.69, 9.17) is 21.1 Å². The van der Waals surface area contributed by atoms with Crippen LogP contribution in [0.25, 0.3) is 0 Å². The standard InChI is InChI=1S/C15H16ClNO2S/c1-9-3-6-20-15(9)14(17-2)10-7-12-13(8-11(10)16)19-5-4-18-12/h3,6-8,14,17H,4-5H2,1-2H3. The van der Waals surface area contributed by atoms with Crippen molar-refractivity contribution in [2.45, 2.75) is 13.0 Å². The largest absolute Gasteiger partial charge is 0.486 e. The summed E-state index contributed by atoms with van der Waals surface area (Å²) in [5, 5.41) is 6.13. The highest BCUT2D eigenvalue weighted by molar-refractivity contribution is 7.10. The molecule has 2 heterocycles. The van der Waals surface area contributed by atoms with Gasteiger partial charge >= 0.3 is 0 Å². The van der Waals surface area contributed by atoms with Gasteiger partial charge in [0.25, 0.3) is 0 Å². The summed E-state index contributed by atoms with van der Waals surface area (Å²) in [6, 6.07) is 6.02. The van der Waals surface area contributed by atoms with Crippen molar-refractivity contribution in [1.29, 1.82) is 0 Å². The zero-order valence-corrected chi connectivity index (χ0v) is 13.0. The second kappa shape index (κ2) is 5.64. The maximum absolute atomic E-state index is 6.43. The maximum atomic E-state index is 6.43. The number of hydrogen-bond acceptors (Lipinski definition) is 4. The molecular weight excluding hydrogens is 294 g/mol. The van der Waals surface area contributed by atoms with Crippen LogP contribution >= 0.6 is 22.9 Å². The molecule has 1 aliphatic rings. The number of benzene rings is 1. The minimum Gasteiger partial charge on any atom is -0.486 e. The van der Waals surface area contributed by atoms with Gasteiger partial charge in [0.15, 0.2) is 11.5 Å². The Kier molecular flexibility index (Phi) is 3.87. The van der Waals surface area contributed by atoms with Crippen LogP contribution in [0.15, 0.2) is 23.6 Å². The first kappa shape index (κ1) is 13.7. The summed E-state index contributed by atoms with van der Waals surface area (Å²) in [6.07, 6.45) is 0. The van der Waals surface area contributed by atoms with Gasteiger partial charge in [-0.25, -0.2) is 0 Å². The van der Waals surface area contributed by atoms with Gasteiger partial charge in [-0.3, -0.25) is 0 Å². The Hall–Kier alpha value is -1.23. The smallest absolute Gasteiger partial charge is 0.162 e. The van der Waals surface area contributed by atoms with Crippen LogP contribution in [-0.4, -0.2) is 20.3 Å². The predicted octanol–water partition coefficient (Wildman–Crippen LogP) is 3.79. The minimum atomic E-state index is 0.0679. The highest BCUT2D eigenvalue weighted by Crippen LogP contribution is 2.40. The molecule has 1 aliphatic heterocycles. The molecule has 0 spiro atoms. The first-order valence-electron chi connectivity index (χ1n) is 6.51. The second-order valence-electron chi connectivity index (χ2n) is 4.71. The lowest BCUT2D eigenvalue weighted by Gasteiger charge is -2.23. The van der Waals surface area contributed by atoms with Gasteiger partial charge in [-0.05, 0) is 42.6 Å². The van der Waals surface area contributed by atoms with Crippen LogP contribution in [0.1, 0.15) is 22.0 Å². The monoisotopic (exact) mass is 309 g/mol. The highest BCUT2D eigenvalue weighted by atomic mass is 35.5. The third kappa shape index (κ3) is 2.39. The lowest BCUT2D eigenvalue weighted by Crippen LogP contribution is -2.20. The third-order valence-corrected chi connectivity index (χ3v) is 4.84. The van der Waals surface area contributed by atoms with Gasteiger partial charge in [0.2, 0.25) is 0 Å². The Morgan fingerprint density at radius 3 is 2.55 bits per heavy atom. The lowest BCUT2D eigenvalue weighted by molar-refractivity contribution is 0.171. The number of hydrogen-bond donors (Lipinski definition) is 1. The molecule has 1 N–H and O–H groups in total. The van der Waals surface area contributed by atoms with E-state index in [0.29, 0.717) is 18.2 Å². The molecule has 106 valence electrons. The van der Waals surface area contributed by atoms with Crippen molar-refractivity contribution >= 4 is 22.9 Å². The van der Waals surface area contributed by atoms with Crippen molar-refractivity contribution < 1.29 is 9.47 Å². The fourth-order valence-corrected chi connectivity index (χ4v) is 3.73. The molecule has 1 atom stereocenters. The normalized spacial score (nSPS) is 15.2. The van der Waals surface area contributed by atoms with Crippen LogP contribution < -0.4 is 14.8 Å². The van der Waals surface area contributed by atoms with Gasteiger partial charge in [0.1, 0.15) is 13.2 Å². The molecule has 0 amide bonds. The molecular formula is C15H16ClNO2S. The summed E-state index contributed by atoms with van der Waals surface area (Å²) in [5.74, 6) is 1.49. The first-order chi connectivity index (χ1) is 9.70. The molecule has 0 saturated heterocycles. The summed E-state index contributed by atoms with van der Waals surface area (Å²) >= 11 is 8.16. The highest BCUT2D eigenvalue weighted by Gasteiger charge is 2.22. The van der Waals surface area contributed by atoms with E-state index in [1.54, 1.807) is 11.3 Å². The summed E-state index contributed by atoms with van der Waals surface area (Å²) in [4.78, 5) is 1.27. The van der Waals surface area contributed by atoms with E-state index < -0.39 is 0 Å². The van der Waals surface area contributed by atoms with E-state index in [0.717, 1.165) is 17.1 Å². The van der Waals surface area contributed by atoms with E-state index in [1.807, 2.05) is 19.2 Å². The minimum absolute atomic E-state index is 0.0679. The molecule has 2 aromatic rings. The van der Waals surface area contributed by atoms with Gasteiger partial charge in [0, 0.05) is 16.0 Å². The van der Waals surface area contributed by atoms with Gasteiger partial charge in [0.05, 0.1) is 6.04 Å². The Morgan fingerprint density at radius 1 is 1.25 bits per heavy atom. The summed E-state index contributed by atoms with van der Waals surface area (Å²) in [5.41, 5.74) is 2.28. The van der Waals surface area contributed by atoms with Gasteiger partial charge in [-0.1, -0.05) is 11.6 Å². The SMILES string of the molecule is CNC(c1cc2c(cc1Cl)OCCO2)c1sccc1C. The van der Waals surface area contributed by atoms with Crippen LogP contribution in [-0.2, 0) is 0 Å². The molecule has 1 aromatic carbocycles. The Balaban J connectivity index is 2.06. The molecule has 0 saturated carbocycles. The molecule has 5 heteroatoms. The Morgan fingerprint density at radius 2 is 1.95 bits per heavy atom. The zero-order valence-electron chi connectivity index (χ0n) is 11.4. The van der Waals surface area contributed by atoms with Gasteiger partial charge in [-0.2, -0.15) is 0 Å². The molecule has 20 heavy (non-hydrogen) atoms. The van der Waals surface area contributed by atoms with E-state index in [2.05, 4.69) is 23.7 Å². The number of aryl methyl sites for hydroxylation is 1. The van der Waals surface area contributed by atoms with Crippen LogP contribution in [0.2, 0.25) is 5.02 Å². The fraction of sp³-hybridized carbons (Fsp3) is 0.333. The van der Waals surface area contributed by atoms with Crippen molar-refractivity contribution in [1.82, 2.24) is 5.32 Å². The van der Waals surface area contributed by atoms with Crippen molar-refractivity contribution in [2.24, 2.45) is 0 Å². The van der Waals surface area contributed by atoms with Crippen LogP contribution in [0.5, 0.6) is 11.5 Å². The number of rotatable bonds is 3. The van der Waals surface area contributed by atoms with Crippen LogP contribution in [0, 0.1) is 6.92 Å². The molecule has 3 rings (SSSR count). The molecule has 1 unspecified atom stereocenters. The second-order valence-corrected chi connectivity index (χ2v) is 6.06. The van der Waals surface area contributed by atoms with Crippen molar-refractivity contribution in [3.63, 3.8) is 0 Å². The number of thiophene rings is 1. The van der Waals surface area contributed by atoms with E-state index in [9.17, 15) is 0 Å². The predicted molar refractivity (Wildman–Crippen MR) is 82.4 cm³/mol. The lowest BCUT2D eigenvalue weighted by atomic mass is 10.0. The Labute approximate surface area is 127 Å². The Bertz CT molecular complexity index is 626. The van der Waals surface area contributed by atoms with Crippen molar-refractivity contribution in [2.75, 3.05) is 20.3 Å². The first-order valence-corrected chi connectivity index (χ1v) is 7.76. The number of halogens is 1. The van der Waals surface area contributed by atoms with E-state index in [1.165, 1.54) is 10.4 Å². The zero-order chi connectivity index (χ0) is 14.1. The summed E-state index contributed by atoms with van der Waals surface area (Å²) < 4.78 is 11.2. The van der Waals surface area contributed by atoms with E-state index >= 15 is 0 Å². The molecule has 0 radical (unpaired) electrons. The molecule has 0 bridgehead atoms. The topological polar surface area (TPSA) is 30.5 Å². The van der Waals surface area contributed by atoms with Gasteiger partial charge < -0.3 is 14.8 Å². The average Bonchev–Trinajstić information content (AvgIpc) is 2.87. The van der Waals surface area contributed by atoms with E-state index in [-0.39, 0.29) is 6.04 Å². The number of nitrogens with one attached hydrogen (secondary N) is 1. The van der Waals surface area contributed by atoms with Crippen molar-refractivity contribution in [3.05, 3.63) is 44.6 Å². The quantitative estimate of drug-likeness (QED) is 0.935. The number of fused-ring (bicyclic) bond motifs is 1. The molecule has 3 nitrogen and oxygen atoms in total. The number of ether oxygens (including phenoxy) is 2. The van der Waals surface area contributed by atoms with Crippen LogP contribution in [0.4, 0.5) is 0 Å². The average molecular weight is 310 g/mol. The van der Waals surface area contributed by atoms with Crippen LogP contribution in [0.3, 0.4) is 0 Å². The van der Waals surface area contributed by atoms with Gasteiger partial charge in [-0.15, -0.1) is 11.3 Å². The van der Waals surface area contributed by atoms with Crippen molar-refractivity contribution in [3.8, 4) is 11.5 Å².